The zero-order valence-electron chi connectivity index (χ0n) is 19.5. The molecule has 4 heteroatoms. The summed E-state index contributed by atoms with van der Waals surface area (Å²) in [6, 6.07) is 0. The van der Waals surface area contributed by atoms with E-state index >= 15 is 0 Å². The molecule has 0 aliphatic carbocycles. The fourth-order valence-corrected chi connectivity index (χ4v) is 3.17. The lowest BCUT2D eigenvalue weighted by molar-refractivity contribution is -0.307. The molecular weight excluding hydrogens is 352 g/mol. The molecule has 0 aliphatic heterocycles. The van der Waals surface area contributed by atoms with Crippen LogP contribution in [0.2, 0.25) is 0 Å². The van der Waals surface area contributed by atoms with Crippen molar-refractivity contribution in [3.63, 3.8) is 0 Å². The molecule has 0 rings (SSSR count). The summed E-state index contributed by atoms with van der Waals surface area (Å²) in [7, 11) is 0. The highest BCUT2D eigenvalue weighted by atomic mass is 17.2. The normalized spacial score (nSPS) is 14.1. The Hall–Kier alpha value is -0.740. The van der Waals surface area contributed by atoms with E-state index in [1.165, 1.54) is 0 Å². The van der Waals surface area contributed by atoms with Crippen molar-refractivity contribution in [1.82, 2.24) is 0 Å². The Morgan fingerprint density at radius 3 is 1.75 bits per heavy atom. The standard InChI is InChI=1S/C24H46O4/c1-7-10-13-15-21(25)23(4,5)17-18-24(6,20-28-27-19-12-9-3)22(26)16-14-11-8-2/h7-20H2,1-6H3. The molecule has 0 aromatic rings. The van der Waals surface area contributed by atoms with Gasteiger partial charge in [-0.3, -0.25) is 9.59 Å². The van der Waals surface area contributed by atoms with E-state index in [1.807, 2.05) is 20.8 Å². The van der Waals surface area contributed by atoms with Crippen molar-refractivity contribution in [3.8, 4) is 0 Å². The van der Waals surface area contributed by atoms with Gasteiger partial charge in [-0.1, -0.05) is 73.6 Å². The predicted octanol–water partition coefficient (Wildman–Crippen LogP) is 6.85. The van der Waals surface area contributed by atoms with Gasteiger partial charge in [0.15, 0.2) is 0 Å². The minimum absolute atomic E-state index is 0.231. The third-order valence-corrected chi connectivity index (χ3v) is 5.79. The van der Waals surface area contributed by atoms with E-state index in [9.17, 15) is 9.59 Å². The van der Waals surface area contributed by atoms with Crippen LogP contribution in [0, 0.1) is 10.8 Å². The maximum Gasteiger partial charge on any atom is 0.141 e. The zero-order valence-corrected chi connectivity index (χ0v) is 19.5. The fourth-order valence-electron chi connectivity index (χ4n) is 3.17. The first-order valence-corrected chi connectivity index (χ1v) is 11.5. The van der Waals surface area contributed by atoms with Gasteiger partial charge >= 0.3 is 0 Å². The van der Waals surface area contributed by atoms with Gasteiger partial charge in [-0.05, 0) is 32.1 Å². The van der Waals surface area contributed by atoms with Gasteiger partial charge in [-0.25, -0.2) is 9.78 Å². The van der Waals surface area contributed by atoms with Crippen LogP contribution in [-0.2, 0) is 19.4 Å². The van der Waals surface area contributed by atoms with E-state index in [1.54, 1.807) is 0 Å². The molecule has 1 atom stereocenters. The van der Waals surface area contributed by atoms with E-state index in [0.29, 0.717) is 38.1 Å². The van der Waals surface area contributed by atoms with Crippen molar-refractivity contribution < 1.29 is 19.4 Å². The summed E-state index contributed by atoms with van der Waals surface area (Å²) < 4.78 is 0. The number of hydrogen-bond acceptors (Lipinski definition) is 4. The van der Waals surface area contributed by atoms with Crippen LogP contribution in [0.15, 0.2) is 0 Å². The molecule has 0 heterocycles. The van der Waals surface area contributed by atoms with Gasteiger partial charge in [0, 0.05) is 18.3 Å². The first kappa shape index (κ1) is 27.3. The number of rotatable bonds is 19. The largest absolute Gasteiger partial charge is 0.299 e. The summed E-state index contributed by atoms with van der Waals surface area (Å²) in [5.74, 6) is 0.538. The molecule has 0 amide bonds. The van der Waals surface area contributed by atoms with Crippen LogP contribution in [-0.4, -0.2) is 24.8 Å². The Morgan fingerprint density at radius 1 is 0.679 bits per heavy atom. The molecule has 0 bridgehead atoms. The molecule has 0 aromatic carbocycles. The average molecular weight is 399 g/mol. The second-order valence-electron chi connectivity index (χ2n) is 9.14. The van der Waals surface area contributed by atoms with Crippen molar-refractivity contribution >= 4 is 11.6 Å². The topological polar surface area (TPSA) is 52.6 Å². The van der Waals surface area contributed by atoms with Crippen LogP contribution in [0.4, 0.5) is 0 Å². The van der Waals surface area contributed by atoms with Crippen LogP contribution >= 0.6 is 0 Å². The van der Waals surface area contributed by atoms with Gasteiger partial charge in [-0.15, -0.1) is 0 Å². The summed E-state index contributed by atoms with van der Waals surface area (Å²) >= 11 is 0. The van der Waals surface area contributed by atoms with Crippen molar-refractivity contribution in [2.45, 2.75) is 119 Å². The highest BCUT2D eigenvalue weighted by Gasteiger charge is 2.37. The number of carbonyl (C=O) groups excluding carboxylic acids is 2. The lowest BCUT2D eigenvalue weighted by Crippen LogP contribution is -2.36. The molecule has 28 heavy (non-hydrogen) atoms. The molecule has 0 N–H and O–H groups in total. The highest BCUT2D eigenvalue weighted by Crippen LogP contribution is 2.35. The molecule has 0 saturated heterocycles. The summed E-state index contributed by atoms with van der Waals surface area (Å²) in [5.41, 5.74) is -0.997. The van der Waals surface area contributed by atoms with E-state index in [2.05, 4.69) is 20.8 Å². The van der Waals surface area contributed by atoms with Gasteiger partial charge in [-0.2, -0.15) is 0 Å². The molecule has 0 aromatic heterocycles. The van der Waals surface area contributed by atoms with Crippen LogP contribution in [0.25, 0.3) is 0 Å². The smallest absolute Gasteiger partial charge is 0.141 e. The molecule has 1 unspecified atom stereocenters. The SMILES string of the molecule is CCCCCC(=O)C(C)(C)CCC(C)(COOCCCC)C(=O)CCCCC. The maximum absolute atomic E-state index is 12.9. The molecule has 0 radical (unpaired) electrons. The number of Topliss-reactive ketones (excluding diaryl/α,β-unsaturated/α-hetero) is 2. The zero-order chi connectivity index (χ0) is 21.5. The van der Waals surface area contributed by atoms with Gasteiger partial charge in [0.25, 0.3) is 0 Å². The average Bonchev–Trinajstić information content (AvgIpc) is 2.66. The summed E-state index contributed by atoms with van der Waals surface area (Å²) in [6.07, 6.45) is 10.8. The van der Waals surface area contributed by atoms with Gasteiger partial charge in [0.2, 0.25) is 0 Å². The minimum atomic E-state index is -0.596. The second-order valence-corrected chi connectivity index (χ2v) is 9.14. The van der Waals surface area contributed by atoms with Crippen LogP contribution in [0.3, 0.4) is 0 Å². The molecule has 0 fully saturated rings. The van der Waals surface area contributed by atoms with Crippen LogP contribution < -0.4 is 0 Å². The Labute approximate surface area is 174 Å². The van der Waals surface area contributed by atoms with Crippen molar-refractivity contribution in [2.24, 2.45) is 10.8 Å². The fraction of sp³-hybridized carbons (Fsp3) is 0.917. The lowest BCUT2D eigenvalue weighted by Gasteiger charge is -2.32. The quantitative estimate of drug-likeness (QED) is 0.136. The van der Waals surface area contributed by atoms with Crippen molar-refractivity contribution in [2.75, 3.05) is 13.2 Å². The Bertz CT molecular complexity index is 430. The second kappa shape index (κ2) is 15.1. The van der Waals surface area contributed by atoms with Gasteiger partial charge in [0.05, 0.1) is 18.6 Å². The van der Waals surface area contributed by atoms with Gasteiger partial charge in [0.1, 0.15) is 11.6 Å². The highest BCUT2D eigenvalue weighted by molar-refractivity contribution is 5.85. The van der Waals surface area contributed by atoms with Crippen molar-refractivity contribution in [1.29, 1.82) is 0 Å². The first-order chi connectivity index (χ1) is 13.2. The van der Waals surface area contributed by atoms with E-state index in [-0.39, 0.29) is 12.4 Å². The van der Waals surface area contributed by atoms with E-state index in [0.717, 1.165) is 51.4 Å². The summed E-state index contributed by atoms with van der Waals surface area (Å²) in [5, 5.41) is 0. The lowest BCUT2D eigenvalue weighted by atomic mass is 9.73. The number of ketones is 2. The maximum atomic E-state index is 12.9. The Balaban J connectivity index is 4.83. The summed E-state index contributed by atoms with van der Waals surface area (Å²) in [6.45, 7) is 13.2. The molecule has 0 spiro atoms. The molecular formula is C24H46O4. The number of hydrogen-bond donors (Lipinski definition) is 0. The van der Waals surface area contributed by atoms with Crippen LogP contribution in [0.1, 0.15) is 119 Å². The van der Waals surface area contributed by atoms with Crippen molar-refractivity contribution in [3.05, 3.63) is 0 Å². The van der Waals surface area contributed by atoms with E-state index < -0.39 is 10.8 Å². The molecule has 4 nitrogen and oxygen atoms in total. The Kier molecular flexibility index (Phi) is 14.7. The third-order valence-electron chi connectivity index (χ3n) is 5.79. The van der Waals surface area contributed by atoms with E-state index in [4.69, 9.17) is 9.78 Å². The minimum Gasteiger partial charge on any atom is -0.299 e. The van der Waals surface area contributed by atoms with Gasteiger partial charge < -0.3 is 0 Å². The monoisotopic (exact) mass is 398 g/mol. The third kappa shape index (κ3) is 11.3. The first-order valence-electron chi connectivity index (χ1n) is 11.5. The number of carbonyl (C=O) groups is 2. The van der Waals surface area contributed by atoms with Crippen LogP contribution in [0.5, 0.6) is 0 Å². The molecule has 166 valence electrons. The number of unbranched alkanes of at least 4 members (excludes halogenated alkanes) is 5. The predicted molar refractivity (Wildman–Crippen MR) is 116 cm³/mol. The summed E-state index contributed by atoms with van der Waals surface area (Å²) in [4.78, 5) is 36.3. The Morgan fingerprint density at radius 2 is 1.21 bits per heavy atom. The molecule has 0 saturated carbocycles. The molecule has 0 aliphatic rings.